The lowest BCUT2D eigenvalue weighted by Gasteiger charge is -2.35. The number of carbonyl (C=O) groups is 5. The number of alkyl halides is 3. The number of ether oxygens (including phenoxy) is 2. The number of hydrogen-bond donors (Lipinski definition) is 4. The molecule has 2 aromatic carbocycles. The summed E-state index contributed by atoms with van der Waals surface area (Å²) in [6.45, 7) is 16.0. The number of rotatable bonds is 19. The average molecular weight is 844 g/mol. The van der Waals surface area contributed by atoms with Crippen LogP contribution >= 0.6 is 0 Å². The van der Waals surface area contributed by atoms with Gasteiger partial charge in [-0.2, -0.15) is 13.2 Å². The van der Waals surface area contributed by atoms with E-state index in [2.05, 4.69) is 26.3 Å². The van der Waals surface area contributed by atoms with E-state index in [0.717, 1.165) is 36.0 Å². The van der Waals surface area contributed by atoms with Gasteiger partial charge in [0.1, 0.15) is 23.3 Å². The van der Waals surface area contributed by atoms with Gasteiger partial charge in [-0.15, -0.1) is 0 Å². The number of pyridine rings is 1. The Hall–Kier alpha value is -5.25. The molecule has 0 saturated heterocycles. The Bertz CT molecular complexity index is 1930. The largest absolute Gasteiger partial charge is 0.444 e. The first-order valence-corrected chi connectivity index (χ1v) is 20.3. The summed E-state index contributed by atoms with van der Waals surface area (Å²) in [5, 5.41) is 11.6. The van der Waals surface area contributed by atoms with Crippen molar-refractivity contribution in [2.45, 2.75) is 123 Å². The van der Waals surface area contributed by atoms with Gasteiger partial charge in [-0.25, -0.2) is 9.59 Å². The smallest absolute Gasteiger partial charge is 0.416 e. The van der Waals surface area contributed by atoms with Crippen LogP contribution < -0.4 is 21.3 Å². The molecule has 0 bridgehead atoms. The van der Waals surface area contributed by atoms with Crippen molar-refractivity contribution in [1.82, 2.24) is 26.3 Å². The Morgan fingerprint density at radius 1 is 0.767 bits per heavy atom. The first-order valence-electron chi connectivity index (χ1n) is 20.3. The number of nitrogens with zero attached hydrogens (tertiary/aromatic N) is 2. The molecule has 13 nitrogen and oxygen atoms in total. The van der Waals surface area contributed by atoms with E-state index in [-0.39, 0.29) is 19.3 Å². The first kappa shape index (κ1) is 49.1. The number of likely N-dealkylation sites (N-methyl/N-ethyl adjacent to an activating group) is 1. The van der Waals surface area contributed by atoms with Crippen LogP contribution in [-0.2, 0) is 42.9 Å². The van der Waals surface area contributed by atoms with Gasteiger partial charge in [-0.3, -0.25) is 19.4 Å². The molecule has 0 aliphatic heterocycles. The van der Waals surface area contributed by atoms with Crippen LogP contribution in [0.25, 0.3) is 10.9 Å². The third-order valence-electron chi connectivity index (χ3n) is 9.49. The maximum Gasteiger partial charge on any atom is 0.416 e. The fourth-order valence-electron chi connectivity index (χ4n) is 6.53. The minimum Gasteiger partial charge on any atom is -0.444 e. The highest BCUT2D eigenvalue weighted by molar-refractivity contribution is 5.95. The summed E-state index contributed by atoms with van der Waals surface area (Å²) in [7, 11) is 2.03. The molecule has 3 rings (SSSR count). The van der Waals surface area contributed by atoms with Crippen LogP contribution in [0, 0.1) is 0 Å². The summed E-state index contributed by atoms with van der Waals surface area (Å²) in [6, 6.07) is 10.1. The predicted molar refractivity (Wildman–Crippen MR) is 223 cm³/mol. The number of Topliss-reactive ketones (excluding diaryl/α,β-unsaturated/α-hetero) is 1. The van der Waals surface area contributed by atoms with Gasteiger partial charge in [0.25, 0.3) is 0 Å². The van der Waals surface area contributed by atoms with Gasteiger partial charge >= 0.3 is 18.4 Å². The second-order valence-corrected chi connectivity index (χ2v) is 17.4. The normalized spacial score (nSPS) is 14.5. The molecular formula is C44H62F3N6O7+. The SMILES string of the molecule is CCC[N+](C)(CCCC(NC(=O)[C@@H](C)NC(=O)OC(C)(C)C)C(=O)N[C@@H](Cc1ccc(C(F)(F)F)cc1)C(=O)Cc1cnc2ccccc2c1)CCNC(=O)OC(C)(C)C. The number of hydrogen-bond acceptors (Lipinski definition) is 8. The maximum absolute atomic E-state index is 14.3. The van der Waals surface area contributed by atoms with Gasteiger partial charge in [0, 0.05) is 18.0 Å². The van der Waals surface area contributed by atoms with Crippen LogP contribution in [0.5, 0.6) is 0 Å². The van der Waals surface area contributed by atoms with Crippen molar-refractivity contribution in [3.8, 4) is 0 Å². The molecule has 4 amide bonds. The van der Waals surface area contributed by atoms with Crippen LogP contribution in [0.2, 0.25) is 0 Å². The monoisotopic (exact) mass is 843 g/mol. The molecule has 4 N–H and O–H groups in total. The van der Waals surface area contributed by atoms with E-state index in [1.807, 2.05) is 44.3 Å². The zero-order valence-corrected chi connectivity index (χ0v) is 36.3. The number of aromatic nitrogens is 1. The Kier molecular flexibility index (Phi) is 17.5. The average Bonchev–Trinajstić information content (AvgIpc) is 3.12. The van der Waals surface area contributed by atoms with Crippen molar-refractivity contribution in [2.24, 2.45) is 0 Å². The summed E-state index contributed by atoms with van der Waals surface area (Å²) in [4.78, 5) is 71.0. The molecule has 0 spiro atoms. The van der Waals surface area contributed by atoms with E-state index in [1.54, 1.807) is 47.7 Å². The maximum atomic E-state index is 14.3. The van der Waals surface area contributed by atoms with Crippen LogP contribution in [0.4, 0.5) is 22.8 Å². The predicted octanol–water partition coefficient (Wildman–Crippen LogP) is 6.65. The molecule has 0 aliphatic rings. The molecule has 1 aromatic heterocycles. The zero-order valence-electron chi connectivity index (χ0n) is 36.3. The number of nitrogens with one attached hydrogen (secondary N) is 4. The molecule has 0 aliphatic carbocycles. The molecule has 4 atom stereocenters. The quantitative estimate of drug-likeness (QED) is 0.0975. The molecule has 0 radical (unpaired) electrons. The molecule has 0 fully saturated rings. The number of benzene rings is 2. The fraction of sp³-hybridized carbons (Fsp3) is 0.545. The minimum atomic E-state index is -4.56. The summed E-state index contributed by atoms with van der Waals surface area (Å²) < 4.78 is 51.3. The van der Waals surface area contributed by atoms with Gasteiger partial charge in [0.2, 0.25) is 11.8 Å². The molecule has 330 valence electrons. The minimum absolute atomic E-state index is 0.128. The van der Waals surface area contributed by atoms with Gasteiger partial charge in [0.15, 0.2) is 5.78 Å². The van der Waals surface area contributed by atoms with E-state index < -0.39 is 70.9 Å². The van der Waals surface area contributed by atoms with E-state index in [9.17, 15) is 37.1 Å². The highest BCUT2D eigenvalue weighted by Gasteiger charge is 2.32. The Labute approximate surface area is 351 Å². The number of para-hydroxylation sites is 1. The Balaban J connectivity index is 1.88. The lowest BCUT2D eigenvalue weighted by molar-refractivity contribution is -0.908. The second-order valence-electron chi connectivity index (χ2n) is 17.4. The van der Waals surface area contributed by atoms with Crippen molar-refractivity contribution in [2.75, 3.05) is 33.2 Å². The lowest BCUT2D eigenvalue weighted by Crippen LogP contribution is -2.56. The van der Waals surface area contributed by atoms with E-state index in [1.165, 1.54) is 19.1 Å². The number of fused-ring (bicyclic) bond motifs is 1. The number of quaternary nitrogens is 1. The van der Waals surface area contributed by atoms with E-state index >= 15 is 0 Å². The molecule has 60 heavy (non-hydrogen) atoms. The van der Waals surface area contributed by atoms with Crippen molar-refractivity contribution in [1.29, 1.82) is 0 Å². The first-order chi connectivity index (χ1) is 27.9. The number of alkyl carbamates (subject to hydrolysis) is 2. The molecule has 1 heterocycles. The van der Waals surface area contributed by atoms with Crippen molar-refractivity contribution in [3.63, 3.8) is 0 Å². The van der Waals surface area contributed by atoms with Gasteiger partial charge in [0.05, 0.1) is 50.3 Å². The summed E-state index contributed by atoms with van der Waals surface area (Å²) in [5.41, 5.74) is -0.656. The third-order valence-corrected chi connectivity index (χ3v) is 9.49. The summed E-state index contributed by atoms with van der Waals surface area (Å²) in [6.07, 6.45) is -3.24. The van der Waals surface area contributed by atoms with Gasteiger partial charge in [-0.05, 0) is 110 Å². The standard InChI is InChI=1S/C44H61F3N6O7/c1-10-22-53(9,24-21-48-40(57)59-42(3,4)5)23-13-16-35(51-38(55)29(2)50-41(58)60-43(6,7)8)39(56)52-36(26-30-17-19-33(20-18-30)44(45,46)47)37(54)27-31-25-32-14-11-12-15-34(32)49-28-31/h11-12,14-15,17-20,25,28-29,35-36H,10,13,16,21-24,26-27H2,1-9H3,(H3-,48,50,51,52,55,56,57,58)/p+1/t29-,35?,36+,53?/m1/s1. The van der Waals surface area contributed by atoms with Crippen molar-refractivity contribution < 1.29 is 51.1 Å². The molecular weight excluding hydrogens is 782 g/mol. The second kappa shape index (κ2) is 21.3. The highest BCUT2D eigenvalue weighted by Crippen LogP contribution is 2.29. The van der Waals surface area contributed by atoms with Crippen LogP contribution in [0.1, 0.15) is 91.3 Å². The Morgan fingerprint density at radius 3 is 2.00 bits per heavy atom. The highest BCUT2D eigenvalue weighted by atomic mass is 19.4. The number of amides is 4. The zero-order chi connectivity index (χ0) is 44.9. The van der Waals surface area contributed by atoms with Crippen LogP contribution in [0.15, 0.2) is 60.8 Å². The fourth-order valence-corrected chi connectivity index (χ4v) is 6.53. The molecule has 0 saturated carbocycles. The van der Waals surface area contributed by atoms with Crippen LogP contribution in [-0.4, -0.2) is 102 Å². The van der Waals surface area contributed by atoms with Crippen molar-refractivity contribution >= 4 is 40.7 Å². The Morgan fingerprint density at radius 2 is 1.38 bits per heavy atom. The van der Waals surface area contributed by atoms with Gasteiger partial charge < -0.3 is 35.2 Å². The summed E-state index contributed by atoms with van der Waals surface area (Å²) in [5.74, 6) is -1.79. The topological polar surface area (TPSA) is 165 Å². The molecule has 2 unspecified atom stereocenters. The van der Waals surface area contributed by atoms with Crippen molar-refractivity contribution in [3.05, 3.63) is 77.5 Å². The van der Waals surface area contributed by atoms with Crippen LogP contribution in [0.3, 0.4) is 0 Å². The van der Waals surface area contributed by atoms with Gasteiger partial charge in [-0.1, -0.05) is 37.3 Å². The number of carbonyl (C=O) groups excluding carboxylic acids is 5. The third kappa shape index (κ3) is 17.2. The van der Waals surface area contributed by atoms with E-state index in [0.29, 0.717) is 41.7 Å². The summed E-state index contributed by atoms with van der Waals surface area (Å²) >= 11 is 0. The molecule has 3 aromatic rings. The number of ketones is 1. The lowest BCUT2D eigenvalue weighted by atomic mass is 9.96. The van der Waals surface area contributed by atoms with E-state index in [4.69, 9.17) is 9.47 Å². The number of halogens is 3. The molecule has 16 heteroatoms.